The molecule has 0 bridgehead atoms. The van der Waals surface area contributed by atoms with Crippen molar-refractivity contribution < 1.29 is 4.79 Å². The van der Waals surface area contributed by atoms with Crippen LogP contribution in [0.1, 0.15) is 32.6 Å². The highest BCUT2D eigenvalue weighted by molar-refractivity contribution is 5.78. The Bertz CT molecular complexity index is 261. The van der Waals surface area contributed by atoms with E-state index in [-0.39, 0.29) is 5.91 Å². The number of rotatable bonds is 4. The minimum atomic E-state index is 0.212. The van der Waals surface area contributed by atoms with Crippen molar-refractivity contribution in [1.82, 2.24) is 15.5 Å². The molecule has 0 aliphatic carbocycles. The molecule has 2 unspecified atom stereocenters. The Hall–Kier alpha value is -0.610. The average Bonchev–Trinajstić information content (AvgIpc) is 2.73. The van der Waals surface area contributed by atoms with E-state index in [0.29, 0.717) is 18.5 Å². The van der Waals surface area contributed by atoms with Crippen molar-refractivity contribution in [3.05, 3.63) is 0 Å². The molecular formula is C13H25N3O. The van der Waals surface area contributed by atoms with Crippen LogP contribution in [0.4, 0.5) is 0 Å². The van der Waals surface area contributed by atoms with Crippen LogP contribution in [0.3, 0.4) is 0 Å². The highest BCUT2D eigenvalue weighted by Gasteiger charge is 2.24. The maximum atomic E-state index is 11.1. The monoisotopic (exact) mass is 239 g/mol. The van der Waals surface area contributed by atoms with Gasteiger partial charge in [0.15, 0.2) is 0 Å². The molecule has 4 heteroatoms. The van der Waals surface area contributed by atoms with Gasteiger partial charge in [-0.3, -0.25) is 4.79 Å². The van der Waals surface area contributed by atoms with E-state index in [9.17, 15) is 4.79 Å². The summed E-state index contributed by atoms with van der Waals surface area (Å²) in [5.74, 6) is 1.01. The van der Waals surface area contributed by atoms with Crippen LogP contribution in [-0.4, -0.2) is 49.6 Å². The summed E-state index contributed by atoms with van der Waals surface area (Å²) >= 11 is 0. The summed E-state index contributed by atoms with van der Waals surface area (Å²) in [6.07, 6.45) is 4.28. The van der Waals surface area contributed by atoms with E-state index in [1.807, 2.05) is 0 Å². The van der Waals surface area contributed by atoms with E-state index < -0.39 is 0 Å². The zero-order valence-corrected chi connectivity index (χ0v) is 11.0. The second-order valence-corrected chi connectivity index (χ2v) is 5.64. The highest BCUT2D eigenvalue weighted by Crippen LogP contribution is 2.19. The van der Waals surface area contributed by atoms with Gasteiger partial charge in [0.2, 0.25) is 5.91 Å². The van der Waals surface area contributed by atoms with Gasteiger partial charge in [0, 0.05) is 25.0 Å². The lowest BCUT2D eigenvalue weighted by Crippen LogP contribution is -2.45. The fraction of sp³-hybridized carbons (Fsp3) is 0.923. The number of amides is 1. The minimum Gasteiger partial charge on any atom is -0.352 e. The van der Waals surface area contributed by atoms with Gasteiger partial charge in [-0.2, -0.15) is 0 Å². The van der Waals surface area contributed by atoms with Crippen LogP contribution >= 0.6 is 0 Å². The predicted molar refractivity (Wildman–Crippen MR) is 68.9 cm³/mol. The summed E-state index contributed by atoms with van der Waals surface area (Å²) in [5, 5.41) is 6.61. The third kappa shape index (κ3) is 3.68. The molecule has 17 heavy (non-hydrogen) atoms. The molecular weight excluding hydrogens is 214 g/mol. The van der Waals surface area contributed by atoms with E-state index in [1.54, 1.807) is 0 Å². The summed E-state index contributed by atoms with van der Waals surface area (Å²) < 4.78 is 0. The molecule has 2 fully saturated rings. The van der Waals surface area contributed by atoms with Gasteiger partial charge < -0.3 is 15.5 Å². The number of nitrogens with one attached hydrogen (secondary N) is 2. The molecule has 0 saturated carbocycles. The lowest BCUT2D eigenvalue weighted by atomic mass is 9.90. The van der Waals surface area contributed by atoms with E-state index >= 15 is 0 Å². The second kappa shape index (κ2) is 5.83. The van der Waals surface area contributed by atoms with Crippen LogP contribution in [0.25, 0.3) is 0 Å². The third-order valence-corrected chi connectivity index (χ3v) is 4.24. The zero-order valence-electron chi connectivity index (χ0n) is 11.0. The summed E-state index contributed by atoms with van der Waals surface area (Å²) in [6.45, 7) is 5.65. The fourth-order valence-corrected chi connectivity index (χ4v) is 2.85. The van der Waals surface area contributed by atoms with Crippen LogP contribution in [0, 0.1) is 5.92 Å². The smallest absolute Gasteiger partial charge is 0.220 e. The molecule has 0 aromatic heterocycles. The molecule has 0 aromatic rings. The van der Waals surface area contributed by atoms with Gasteiger partial charge in [0.05, 0.1) is 0 Å². The standard InChI is InChI=1S/C13H25N3O/c1-10(11-5-7-16(2)8-6-11)14-9-12-3-4-13(17)15-12/h10-12,14H,3-9H2,1-2H3,(H,15,17). The fourth-order valence-electron chi connectivity index (χ4n) is 2.85. The lowest BCUT2D eigenvalue weighted by molar-refractivity contribution is -0.119. The van der Waals surface area contributed by atoms with Crippen LogP contribution < -0.4 is 10.6 Å². The van der Waals surface area contributed by atoms with Crippen molar-refractivity contribution in [2.45, 2.75) is 44.7 Å². The molecule has 0 radical (unpaired) electrons. The molecule has 2 aliphatic rings. The van der Waals surface area contributed by atoms with Gasteiger partial charge in [-0.25, -0.2) is 0 Å². The summed E-state index contributed by atoms with van der Waals surface area (Å²) in [5.41, 5.74) is 0. The molecule has 2 saturated heterocycles. The molecule has 2 N–H and O–H groups in total. The van der Waals surface area contributed by atoms with Crippen molar-refractivity contribution in [1.29, 1.82) is 0 Å². The Morgan fingerprint density at radius 3 is 2.71 bits per heavy atom. The number of nitrogens with zero attached hydrogens (tertiary/aromatic N) is 1. The van der Waals surface area contributed by atoms with Gasteiger partial charge in [0.25, 0.3) is 0 Å². The average molecular weight is 239 g/mol. The van der Waals surface area contributed by atoms with Crippen LogP contribution in [0.15, 0.2) is 0 Å². The number of hydrogen-bond acceptors (Lipinski definition) is 3. The van der Waals surface area contributed by atoms with Crippen molar-refractivity contribution in [3.63, 3.8) is 0 Å². The number of piperidine rings is 1. The van der Waals surface area contributed by atoms with Gasteiger partial charge in [-0.1, -0.05) is 0 Å². The van der Waals surface area contributed by atoms with E-state index in [4.69, 9.17) is 0 Å². The van der Waals surface area contributed by atoms with Crippen molar-refractivity contribution in [3.8, 4) is 0 Å². The Morgan fingerprint density at radius 2 is 2.12 bits per heavy atom. The summed E-state index contributed by atoms with van der Waals surface area (Å²) in [7, 11) is 2.20. The van der Waals surface area contributed by atoms with E-state index in [1.165, 1.54) is 25.9 Å². The third-order valence-electron chi connectivity index (χ3n) is 4.24. The maximum Gasteiger partial charge on any atom is 0.220 e. The van der Waals surface area contributed by atoms with E-state index in [0.717, 1.165) is 18.9 Å². The molecule has 0 aromatic carbocycles. The van der Waals surface area contributed by atoms with Gasteiger partial charge in [0.1, 0.15) is 0 Å². The molecule has 2 heterocycles. The van der Waals surface area contributed by atoms with E-state index in [2.05, 4.69) is 29.5 Å². The Balaban J connectivity index is 1.66. The minimum absolute atomic E-state index is 0.212. The molecule has 2 aliphatic heterocycles. The Labute approximate surface area is 104 Å². The van der Waals surface area contributed by atoms with Crippen LogP contribution in [0.2, 0.25) is 0 Å². The zero-order chi connectivity index (χ0) is 12.3. The van der Waals surface area contributed by atoms with Gasteiger partial charge in [-0.15, -0.1) is 0 Å². The van der Waals surface area contributed by atoms with Gasteiger partial charge in [-0.05, 0) is 52.2 Å². The first-order valence-electron chi connectivity index (χ1n) is 6.86. The first-order valence-corrected chi connectivity index (χ1v) is 6.86. The topological polar surface area (TPSA) is 44.4 Å². The van der Waals surface area contributed by atoms with Crippen LogP contribution in [-0.2, 0) is 4.79 Å². The first-order chi connectivity index (χ1) is 8.15. The normalized spacial score (nSPS) is 29.3. The summed E-state index contributed by atoms with van der Waals surface area (Å²) in [4.78, 5) is 13.5. The molecule has 0 spiro atoms. The van der Waals surface area contributed by atoms with Gasteiger partial charge >= 0.3 is 0 Å². The Kier molecular flexibility index (Phi) is 4.40. The Morgan fingerprint density at radius 1 is 1.41 bits per heavy atom. The number of carbonyl (C=O) groups excluding carboxylic acids is 1. The number of carbonyl (C=O) groups is 1. The molecule has 98 valence electrons. The number of likely N-dealkylation sites (tertiary alicyclic amines) is 1. The van der Waals surface area contributed by atoms with Crippen molar-refractivity contribution in [2.24, 2.45) is 5.92 Å². The largest absolute Gasteiger partial charge is 0.352 e. The lowest BCUT2D eigenvalue weighted by Gasteiger charge is -2.33. The van der Waals surface area contributed by atoms with Crippen molar-refractivity contribution >= 4 is 5.91 Å². The molecule has 2 atom stereocenters. The molecule has 1 amide bonds. The first kappa shape index (κ1) is 12.8. The summed E-state index contributed by atoms with van der Waals surface area (Å²) in [6, 6.07) is 0.928. The molecule has 4 nitrogen and oxygen atoms in total. The number of hydrogen-bond donors (Lipinski definition) is 2. The SMILES string of the molecule is CC(NCC1CCC(=O)N1)C1CCN(C)CC1. The van der Waals surface area contributed by atoms with Crippen LogP contribution in [0.5, 0.6) is 0 Å². The van der Waals surface area contributed by atoms with Crippen molar-refractivity contribution in [2.75, 3.05) is 26.7 Å². The molecule has 2 rings (SSSR count). The second-order valence-electron chi connectivity index (χ2n) is 5.64. The predicted octanol–water partition coefficient (Wildman–Crippen LogP) is 0.585. The maximum absolute atomic E-state index is 11.1. The highest BCUT2D eigenvalue weighted by atomic mass is 16.1. The quantitative estimate of drug-likeness (QED) is 0.754.